The molecular formula is C26H38F3N3O5S. The number of rotatable bonds is 5. The number of halogens is 3. The molecule has 1 aromatic carbocycles. The maximum atomic E-state index is 13.6. The molecule has 0 bridgehead atoms. The Morgan fingerprint density at radius 1 is 1.03 bits per heavy atom. The molecule has 0 aromatic heterocycles. The molecule has 8 nitrogen and oxygen atoms in total. The van der Waals surface area contributed by atoms with Gasteiger partial charge in [0.1, 0.15) is 0 Å². The predicted octanol–water partition coefficient (Wildman–Crippen LogP) is 3.83. The standard InChI is InChI=1S/C24H37N3O3S.C2HF3O2/c1-4-27-22(28)23(10-14-25(15-11-23)18-20(2)3)19-24(27)12-16-26(17-13-24)31(29,30)21-8-6-5-7-9-21;3-2(4,5)1(6)7/h5-9,20H,4,10-19H2,1-3H3;(H,6,7). The number of alkyl halides is 3. The van der Waals surface area contributed by atoms with Crippen molar-refractivity contribution >= 4 is 21.9 Å². The highest BCUT2D eigenvalue weighted by molar-refractivity contribution is 7.89. The lowest BCUT2D eigenvalue weighted by atomic mass is 9.71. The van der Waals surface area contributed by atoms with Crippen LogP contribution in [0, 0.1) is 11.3 Å². The molecule has 0 radical (unpaired) electrons. The second-order valence-corrected chi connectivity index (χ2v) is 12.9. The van der Waals surface area contributed by atoms with Gasteiger partial charge < -0.3 is 14.9 Å². The van der Waals surface area contributed by atoms with Gasteiger partial charge in [-0.1, -0.05) is 32.0 Å². The van der Waals surface area contributed by atoms with Crippen molar-refractivity contribution in [1.29, 1.82) is 0 Å². The third kappa shape index (κ3) is 6.34. The first-order valence-electron chi connectivity index (χ1n) is 13.1. The van der Waals surface area contributed by atoms with Crippen molar-refractivity contribution in [3.8, 4) is 0 Å². The Bertz CT molecular complexity index is 1080. The fourth-order valence-corrected chi connectivity index (χ4v) is 7.65. The number of amides is 1. The van der Waals surface area contributed by atoms with E-state index in [2.05, 4.69) is 30.6 Å². The van der Waals surface area contributed by atoms with Gasteiger partial charge in [0.2, 0.25) is 15.9 Å². The molecule has 0 unspecified atom stereocenters. The van der Waals surface area contributed by atoms with Crippen LogP contribution in [0.3, 0.4) is 0 Å². The highest BCUT2D eigenvalue weighted by Crippen LogP contribution is 2.53. The van der Waals surface area contributed by atoms with E-state index >= 15 is 0 Å². The van der Waals surface area contributed by atoms with Crippen LogP contribution in [0.15, 0.2) is 35.2 Å². The Morgan fingerprint density at radius 3 is 2.00 bits per heavy atom. The molecule has 214 valence electrons. The molecule has 0 saturated carbocycles. The molecule has 3 saturated heterocycles. The summed E-state index contributed by atoms with van der Waals surface area (Å²) in [5, 5.41) is 7.12. The van der Waals surface area contributed by atoms with Gasteiger partial charge in [-0.2, -0.15) is 17.5 Å². The summed E-state index contributed by atoms with van der Waals surface area (Å²) in [5.41, 5.74) is -0.432. The van der Waals surface area contributed by atoms with Gasteiger partial charge in [-0.15, -0.1) is 0 Å². The first kappa shape index (κ1) is 30.4. The summed E-state index contributed by atoms with van der Waals surface area (Å²) in [6.07, 6.45) is -0.862. The van der Waals surface area contributed by atoms with Gasteiger partial charge >= 0.3 is 12.1 Å². The van der Waals surface area contributed by atoms with Crippen molar-refractivity contribution in [1.82, 2.24) is 14.1 Å². The summed E-state index contributed by atoms with van der Waals surface area (Å²) in [6.45, 7) is 11.3. The topological polar surface area (TPSA) is 98.2 Å². The monoisotopic (exact) mass is 561 g/mol. The van der Waals surface area contributed by atoms with Gasteiger partial charge in [0.05, 0.1) is 10.3 Å². The number of piperidine rings is 2. The number of carbonyl (C=O) groups excluding carboxylic acids is 1. The SMILES string of the molecule is CCN1C(=O)C2(CCN(CC(C)C)CC2)CC12CCN(S(=O)(=O)c1ccccc1)CC2.O=C(O)C(F)(F)F. The van der Waals surface area contributed by atoms with E-state index in [0.29, 0.717) is 36.4 Å². The van der Waals surface area contributed by atoms with Gasteiger partial charge in [-0.25, -0.2) is 13.2 Å². The quantitative estimate of drug-likeness (QED) is 0.587. The summed E-state index contributed by atoms with van der Waals surface area (Å²) >= 11 is 0. The number of nitrogens with zero attached hydrogens (tertiary/aromatic N) is 3. The fraction of sp³-hybridized carbons (Fsp3) is 0.692. The third-order valence-electron chi connectivity index (χ3n) is 7.97. The summed E-state index contributed by atoms with van der Waals surface area (Å²) in [5.74, 6) is -1.80. The smallest absolute Gasteiger partial charge is 0.475 e. The van der Waals surface area contributed by atoms with Crippen LogP contribution < -0.4 is 0 Å². The number of hydrogen-bond donors (Lipinski definition) is 1. The fourth-order valence-electron chi connectivity index (χ4n) is 6.18. The largest absolute Gasteiger partial charge is 0.490 e. The molecular weight excluding hydrogens is 523 g/mol. The van der Waals surface area contributed by atoms with Crippen molar-refractivity contribution < 1.29 is 36.3 Å². The van der Waals surface area contributed by atoms with Crippen LogP contribution in [0.1, 0.15) is 52.9 Å². The molecule has 1 aromatic rings. The Labute approximate surface area is 222 Å². The maximum Gasteiger partial charge on any atom is 0.490 e. The van der Waals surface area contributed by atoms with E-state index in [9.17, 15) is 26.4 Å². The Kier molecular flexibility index (Phi) is 9.20. The number of benzene rings is 1. The van der Waals surface area contributed by atoms with Crippen LogP contribution in [0.25, 0.3) is 0 Å². The maximum absolute atomic E-state index is 13.6. The van der Waals surface area contributed by atoms with Gasteiger partial charge in [0.15, 0.2) is 0 Å². The van der Waals surface area contributed by atoms with Crippen LogP contribution in [0.4, 0.5) is 13.2 Å². The van der Waals surface area contributed by atoms with E-state index in [1.54, 1.807) is 28.6 Å². The number of aliphatic carboxylic acids is 1. The minimum absolute atomic E-state index is 0.186. The molecule has 0 atom stereocenters. The van der Waals surface area contributed by atoms with E-state index in [-0.39, 0.29) is 11.0 Å². The molecule has 3 aliphatic rings. The van der Waals surface area contributed by atoms with Gasteiger partial charge in [-0.05, 0) is 70.2 Å². The van der Waals surface area contributed by atoms with E-state index in [1.807, 2.05) is 6.07 Å². The Morgan fingerprint density at radius 2 is 1.55 bits per heavy atom. The first-order chi connectivity index (χ1) is 17.7. The summed E-state index contributed by atoms with van der Waals surface area (Å²) in [7, 11) is -3.47. The second-order valence-electron chi connectivity index (χ2n) is 10.9. The molecule has 0 aliphatic carbocycles. The average molecular weight is 562 g/mol. The number of likely N-dealkylation sites (tertiary alicyclic amines) is 2. The molecule has 2 spiro atoms. The lowest BCUT2D eigenvalue weighted by Crippen LogP contribution is -2.54. The zero-order valence-electron chi connectivity index (χ0n) is 22.2. The molecule has 1 N–H and O–H groups in total. The number of carboxylic acids is 1. The third-order valence-corrected chi connectivity index (χ3v) is 9.88. The van der Waals surface area contributed by atoms with Crippen LogP contribution in [-0.4, -0.2) is 90.5 Å². The normalized spacial score (nSPS) is 22.1. The zero-order valence-corrected chi connectivity index (χ0v) is 23.0. The number of carboxylic acid groups (broad SMARTS) is 1. The van der Waals surface area contributed by atoms with E-state index in [0.717, 1.165) is 51.7 Å². The Balaban J connectivity index is 0.000000505. The molecule has 3 fully saturated rings. The zero-order chi connectivity index (χ0) is 28.4. The minimum Gasteiger partial charge on any atom is -0.475 e. The van der Waals surface area contributed by atoms with E-state index in [1.165, 1.54) is 0 Å². The molecule has 12 heteroatoms. The average Bonchev–Trinajstić information content (AvgIpc) is 3.07. The highest BCUT2D eigenvalue weighted by atomic mass is 32.2. The number of hydrogen-bond acceptors (Lipinski definition) is 5. The number of carbonyl (C=O) groups is 2. The van der Waals surface area contributed by atoms with Crippen molar-refractivity contribution in [2.45, 2.75) is 69.5 Å². The van der Waals surface area contributed by atoms with Gasteiger partial charge in [-0.3, -0.25) is 4.79 Å². The lowest BCUT2D eigenvalue weighted by Gasteiger charge is -2.44. The van der Waals surface area contributed by atoms with E-state index in [4.69, 9.17) is 9.90 Å². The molecule has 3 aliphatic heterocycles. The van der Waals surface area contributed by atoms with E-state index < -0.39 is 22.2 Å². The van der Waals surface area contributed by atoms with Gasteiger partial charge in [0.25, 0.3) is 0 Å². The molecule has 4 rings (SSSR count). The molecule has 38 heavy (non-hydrogen) atoms. The first-order valence-corrected chi connectivity index (χ1v) is 14.5. The van der Waals surface area contributed by atoms with Crippen molar-refractivity contribution in [3.05, 3.63) is 30.3 Å². The second kappa shape index (κ2) is 11.5. The number of sulfonamides is 1. The van der Waals surface area contributed by atoms with Gasteiger partial charge in [0, 0.05) is 31.7 Å². The summed E-state index contributed by atoms with van der Waals surface area (Å²) < 4.78 is 59.5. The van der Waals surface area contributed by atoms with Crippen molar-refractivity contribution in [2.24, 2.45) is 11.3 Å². The predicted molar refractivity (Wildman–Crippen MR) is 136 cm³/mol. The van der Waals surface area contributed by atoms with Crippen molar-refractivity contribution in [3.63, 3.8) is 0 Å². The highest BCUT2D eigenvalue weighted by Gasteiger charge is 2.59. The summed E-state index contributed by atoms with van der Waals surface area (Å²) in [6, 6.07) is 8.69. The van der Waals surface area contributed by atoms with Crippen LogP contribution >= 0.6 is 0 Å². The lowest BCUT2D eigenvalue weighted by molar-refractivity contribution is -0.192. The van der Waals surface area contributed by atoms with Crippen molar-refractivity contribution in [2.75, 3.05) is 39.3 Å². The summed E-state index contributed by atoms with van der Waals surface area (Å²) in [4.78, 5) is 27.5. The van der Waals surface area contributed by atoms with Crippen LogP contribution in [-0.2, 0) is 19.6 Å². The molecule has 3 heterocycles. The minimum atomic E-state index is -5.08. The Hall–Kier alpha value is -2.18. The van der Waals surface area contributed by atoms with Crippen LogP contribution in [0.5, 0.6) is 0 Å². The van der Waals surface area contributed by atoms with Crippen LogP contribution in [0.2, 0.25) is 0 Å². The molecule has 1 amide bonds.